The van der Waals surface area contributed by atoms with Gasteiger partial charge in [0.1, 0.15) is 0 Å². The van der Waals surface area contributed by atoms with E-state index in [1.54, 1.807) is 17.5 Å². The second-order valence-corrected chi connectivity index (χ2v) is 6.88. The minimum atomic E-state index is -0.193. The molecule has 3 heterocycles. The molecule has 1 aliphatic heterocycles. The highest BCUT2D eigenvalue weighted by molar-refractivity contribution is 7.80. The third-order valence-corrected chi connectivity index (χ3v) is 5.34. The first kappa shape index (κ1) is 16.9. The molecule has 1 saturated heterocycles. The Bertz CT molecular complexity index is 691. The fourth-order valence-electron chi connectivity index (χ4n) is 2.91. The molecule has 0 amide bonds. The molecule has 1 aliphatic rings. The summed E-state index contributed by atoms with van der Waals surface area (Å²) < 4.78 is 4.72. The largest absolute Gasteiger partial charge is 0.469 e. The topological polar surface area (TPSA) is 54.5 Å². The molecule has 24 heavy (non-hydrogen) atoms. The van der Waals surface area contributed by atoms with Crippen molar-refractivity contribution in [3.63, 3.8) is 0 Å². The van der Waals surface area contributed by atoms with Gasteiger partial charge in [0.2, 0.25) is 0 Å². The number of rotatable bonds is 6. The van der Waals surface area contributed by atoms with Gasteiger partial charge >= 0.3 is 5.97 Å². The van der Waals surface area contributed by atoms with Crippen LogP contribution in [0.4, 0.5) is 0 Å². The van der Waals surface area contributed by atoms with E-state index in [0.29, 0.717) is 24.5 Å². The van der Waals surface area contributed by atoms with E-state index in [2.05, 4.69) is 26.6 Å². The molecule has 0 aliphatic carbocycles. The number of hydrogen-bond donors (Lipinski definition) is 1. The summed E-state index contributed by atoms with van der Waals surface area (Å²) in [6.07, 6.45) is 2.89. The normalized spacial score (nSPS) is 20.0. The second-order valence-electron chi connectivity index (χ2n) is 5.52. The minimum Gasteiger partial charge on any atom is -0.469 e. The molecular weight excluding hydrogens is 342 g/mol. The Balaban J connectivity index is 1.81. The Hall–Kier alpha value is -1.99. The molecule has 7 heteroatoms. The van der Waals surface area contributed by atoms with Crippen LogP contribution in [0.5, 0.6) is 0 Å². The molecule has 5 nitrogen and oxygen atoms in total. The molecule has 0 bridgehead atoms. The number of ether oxygens (including phenoxy) is 1. The Labute approximate surface area is 150 Å². The van der Waals surface area contributed by atoms with Gasteiger partial charge in [-0.1, -0.05) is 12.1 Å². The molecule has 0 radical (unpaired) electrons. The zero-order valence-corrected chi connectivity index (χ0v) is 15.0. The lowest BCUT2D eigenvalue weighted by Gasteiger charge is -2.26. The molecule has 1 N–H and O–H groups in total. The lowest BCUT2D eigenvalue weighted by molar-refractivity contribution is -0.140. The second kappa shape index (κ2) is 7.72. The lowest BCUT2D eigenvalue weighted by atomic mass is 10.0. The number of aromatic nitrogens is 1. The van der Waals surface area contributed by atoms with Crippen LogP contribution in [0.3, 0.4) is 0 Å². The maximum Gasteiger partial charge on any atom is 0.305 e. The number of nitrogens with one attached hydrogen (secondary N) is 1. The number of carbonyl (C=O) groups is 1. The van der Waals surface area contributed by atoms with Crippen molar-refractivity contribution in [2.45, 2.75) is 24.9 Å². The minimum absolute atomic E-state index is 0.00970. The van der Waals surface area contributed by atoms with E-state index >= 15 is 0 Å². The molecular formula is C17H19N3O2S2. The molecule has 0 spiro atoms. The van der Waals surface area contributed by atoms with E-state index in [1.165, 1.54) is 12.0 Å². The number of thiophene rings is 1. The Morgan fingerprint density at radius 3 is 2.96 bits per heavy atom. The summed E-state index contributed by atoms with van der Waals surface area (Å²) in [6.45, 7) is 0.701. The summed E-state index contributed by atoms with van der Waals surface area (Å²) in [4.78, 5) is 19.2. The van der Waals surface area contributed by atoms with Crippen LogP contribution in [0.15, 0.2) is 41.9 Å². The number of carbonyl (C=O) groups excluding carboxylic acids is 1. The van der Waals surface area contributed by atoms with Gasteiger partial charge < -0.3 is 15.0 Å². The fraction of sp³-hybridized carbons (Fsp3) is 0.353. The van der Waals surface area contributed by atoms with Crippen LogP contribution in [0, 0.1) is 0 Å². The highest BCUT2D eigenvalue weighted by Crippen LogP contribution is 2.40. The van der Waals surface area contributed by atoms with Crippen LogP contribution in [-0.4, -0.2) is 34.6 Å². The van der Waals surface area contributed by atoms with E-state index in [4.69, 9.17) is 17.0 Å². The first-order chi connectivity index (χ1) is 11.7. The van der Waals surface area contributed by atoms with Gasteiger partial charge in [0.25, 0.3) is 0 Å². The molecule has 3 rings (SSSR count). The van der Waals surface area contributed by atoms with Crippen molar-refractivity contribution in [2.24, 2.45) is 0 Å². The van der Waals surface area contributed by atoms with Gasteiger partial charge in [0, 0.05) is 24.0 Å². The van der Waals surface area contributed by atoms with E-state index in [-0.39, 0.29) is 18.1 Å². The Morgan fingerprint density at radius 1 is 1.42 bits per heavy atom. The van der Waals surface area contributed by atoms with Crippen LogP contribution in [0.1, 0.15) is 35.5 Å². The van der Waals surface area contributed by atoms with E-state index < -0.39 is 0 Å². The number of hydrogen-bond acceptors (Lipinski definition) is 5. The highest BCUT2D eigenvalue weighted by Gasteiger charge is 2.39. The van der Waals surface area contributed by atoms with Gasteiger partial charge in [-0.3, -0.25) is 9.78 Å². The van der Waals surface area contributed by atoms with E-state index in [9.17, 15) is 4.79 Å². The average molecular weight is 361 g/mol. The molecule has 126 valence electrons. The third kappa shape index (κ3) is 3.57. The summed E-state index contributed by atoms with van der Waals surface area (Å²) in [5.74, 6) is -0.193. The molecule has 0 saturated carbocycles. The summed E-state index contributed by atoms with van der Waals surface area (Å²) in [7, 11) is 1.41. The van der Waals surface area contributed by atoms with E-state index in [1.807, 2.05) is 24.3 Å². The van der Waals surface area contributed by atoms with Gasteiger partial charge in [0.15, 0.2) is 5.11 Å². The maximum atomic E-state index is 11.4. The first-order valence-corrected chi connectivity index (χ1v) is 9.08. The van der Waals surface area contributed by atoms with Gasteiger partial charge in [0.05, 0.1) is 24.9 Å². The molecule has 0 unspecified atom stereocenters. The summed E-state index contributed by atoms with van der Waals surface area (Å²) >= 11 is 7.26. The van der Waals surface area contributed by atoms with Crippen molar-refractivity contribution in [3.05, 3.63) is 52.5 Å². The molecule has 0 aromatic carbocycles. The predicted octanol–water partition coefficient (Wildman–Crippen LogP) is 3.07. The summed E-state index contributed by atoms with van der Waals surface area (Å²) in [6, 6.07) is 10.2. The predicted molar refractivity (Wildman–Crippen MR) is 97.7 cm³/mol. The third-order valence-electron chi connectivity index (χ3n) is 4.04. The smallest absolute Gasteiger partial charge is 0.305 e. The highest BCUT2D eigenvalue weighted by atomic mass is 32.1. The van der Waals surface area contributed by atoms with Crippen molar-refractivity contribution >= 4 is 34.6 Å². The molecule has 2 atom stereocenters. The van der Waals surface area contributed by atoms with Crippen LogP contribution < -0.4 is 5.32 Å². The first-order valence-electron chi connectivity index (χ1n) is 7.79. The fourth-order valence-corrected chi connectivity index (χ4v) is 4.12. The standard InChI is InChI=1S/C17H19N3O2S2/c1-22-14(21)8-4-10-20-16(13-7-5-11-24-13)15(19-17(20)23)12-6-2-3-9-18-12/h2-3,5-7,9,11,15-16H,4,8,10H2,1H3,(H,19,23)/t15-,16+/m0/s1. The van der Waals surface area contributed by atoms with Crippen LogP contribution in [0.2, 0.25) is 0 Å². The SMILES string of the molecule is COC(=O)CCCN1C(=S)N[C@@H](c2ccccn2)[C@H]1c1cccs1. The van der Waals surface area contributed by atoms with Gasteiger partial charge in [-0.2, -0.15) is 0 Å². The van der Waals surface area contributed by atoms with Gasteiger partial charge in [-0.25, -0.2) is 0 Å². The van der Waals surface area contributed by atoms with Crippen molar-refractivity contribution < 1.29 is 9.53 Å². The monoisotopic (exact) mass is 361 g/mol. The van der Waals surface area contributed by atoms with Crippen molar-refractivity contribution in [3.8, 4) is 0 Å². The lowest BCUT2D eigenvalue weighted by Crippen LogP contribution is -2.30. The number of pyridine rings is 1. The van der Waals surface area contributed by atoms with Crippen LogP contribution >= 0.6 is 23.6 Å². The number of methoxy groups -OCH3 is 1. The van der Waals surface area contributed by atoms with E-state index in [0.717, 1.165) is 5.69 Å². The van der Waals surface area contributed by atoms with Crippen molar-refractivity contribution in [2.75, 3.05) is 13.7 Å². The zero-order chi connectivity index (χ0) is 16.9. The Morgan fingerprint density at radius 2 is 2.29 bits per heavy atom. The average Bonchev–Trinajstić information content (AvgIpc) is 3.24. The number of esters is 1. The van der Waals surface area contributed by atoms with Crippen molar-refractivity contribution in [1.82, 2.24) is 15.2 Å². The van der Waals surface area contributed by atoms with Crippen LogP contribution in [0.25, 0.3) is 0 Å². The van der Waals surface area contributed by atoms with Gasteiger partial charge in [-0.05, 0) is 42.2 Å². The summed E-state index contributed by atoms with van der Waals surface area (Å²) in [5.41, 5.74) is 0.966. The van der Waals surface area contributed by atoms with Crippen molar-refractivity contribution in [1.29, 1.82) is 0 Å². The van der Waals surface area contributed by atoms with Crippen LogP contribution in [-0.2, 0) is 9.53 Å². The number of nitrogens with zero attached hydrogens (tertiary/aromatic N) is 2. The quantitative estimate of drug-likeness (QED) is 0.630. The molecule has 1 fully saturated rings. The maximum absolute atomic E-state index is 11.4. The molecule has 2 aromatic heterocycles. The Kier molecular flexibility index (Phi) is 5.42. The molecule has 2 aromatic rings. The zero-order valence-electron chi connectivity index (χ0n) is 13.3. The number of thiocarbonyl (C=S) groups is 1. The van der Waals surface area contributed by atoms with Gasteiger partial charge in [-0.15, -0.1) is 11.3 Å². The summed E-state index contributed by atoms with van der Waals surface area (Å²) in [5, 5.41) is 6.17.